The van der Waals surface area contributed by atoms with Crippen LogP contribution in [0, 0.1) is 6.92 Å². The summed E-state index contributed by atoms with van der Waals surface area (Å²) in [6.45, 7) is 1.91. The fourth-order valence-electron chi connectivity index (χ4n) is 1.03. The lowest BCUT2D eigenvalue weighted by atomic mass is 10.6. The van der Waals surface area contributed by atoms with Crippen LogP contribution in [0.1, 0.15) is 5.82 Å². The Morgan fingerprint density at radius 2 is 2.15 bits per heavy atom. The zero-order valence-electron chi connectivity index (χ0n) is 6.98. The molecule has 0 amide bonds. The molecule has 2 heterocycles. The summed E-state index contributed by atoms with van der Waals surface area (Å²) in [7, 11) is 0. The third kappa shape index (κ3) is 1.60. The van der Waals surface area contributed by atoms with Gasteiger partial charge in [-0.3, -0.25) is 4.57 Å². The summed E-state index contributed by atoms with van der Waals surface area (Å²) in [6.07, 6.45) is 5.25. The van der Waals surface area contributed by atoms with Gasteiger partial charge in [0.05, 0.1) is 0 Å². The third-order valence-corrected chi connectivity index (χ3v) is 2.09. The molecular formula is C8H7BrN4. The van der Waals surface area contributed by atoms with E-state index in [0.29, 0.717) is 5.95 Å². The van der Waals surface area contributed by atoms with E-state index in [9.17, 15) is 0 Å². The molecule has 5 heteroatoms. The van der Waals surface area contributed by atoms with Crippen molar-refractivity contribution in [3.05, 3.63) is 35.1 Å². The van der Waals surface area contributed by atoms with Gasteiger partial charge in [0, 0.05) is 18.6 Å². The Labute approximate surface area is 83.8 Å². The first-order valence-electron chi connectivity index (χ1n) is 3.76. The molecule has 0 saturated heterocycles. The highest BCUT2D eigenvalue weighted by Crippen LogP contribution is 2.08. The van der Waals surface area contributed by atoms with Crippen LogP contribution in [-0.4, -0.2) is 19.5 Å². The van der Waals surface area contributed by atoms with Crippen molar-refractivity contribution in [3.63, 3.8) is 0 Å². The van der Waals surface area contributed by atoms with Crippen molar-refractivity contribution < 1.29 is 0 Å². The van der Waals surface area contributed by atoms with Crippen LogP contribution in [-0.2, 0) is 0 Å². The molecule has 2 rings (SSSR count). The predicted octanol–water partition coefficient (Wildman–Crippen LogP) is 1.73. The Balaban J connectivity index is 2.53. The second kappa shape index (κ2) is 3.26. The van der Waals surface area contributed by atoms with E-state index >= 15 is 0 Å². The third-order valence-electron chi connectivity index (χ3n) is 1.65. The monoisotopic (exact) mass is 238 g/mol. The highest BCUT2D eigenvalue weighted by molar-refractivity contribution is 9.10. The van der Waals surface area contributed by atoms with Gasteiger partial charge >= 0.3 is 0 Å². The first-order chi connectivity index (χ1) is 6.27. The molecule has 0 saturated carbocycles. The molecule has 0 aliphatic rings. The van der Waals surface area contributed by atoms with E-state index in [2.05, 4.69) is 30.9 Å². The van der Waals surface area contributed by atoms with Gasteiger partial charge in [-0.2, -0.15) is 0 Å². The van der Waals surface area contributed by atoms with Gasteiger partial charge in [0.2, 0.25) is 5.95 Å². The molecule has 66 valence electrons. The number of aryl methyl sites for hydroxylation is 1. The standard InChI is InChI=1S/C8H7BrN4/c1-6-10-4-5-13(6)8-11-3-2-7(9)12-8/h2-5H,1H3. The lowest BCUT2D eigenvalue weighted by Crippen LogP contribution is -2.01. The molecule has 0 aliphatic heterocycles. The maximum absolute atomic E-state index is 4.20. The van der Waals surface area contributed by atoms with E-state index < -0.39 is 0 Å². The smallest absolute Gasteiger partial charge is 0.236 e. The fourth-order valence-corrected chi connectivity index (χ4v) is 1.31. The van der Waals surface area contributed by atoms with Crippen LogP contribution in [0.15, 0.2) is 29.3 Å². The number of hydrogen-bond acceptors (Lipinski definition) is 3. The molecule has 0 radical (unpaired) electrons. The molecule has 2 aromatic rings. The zero-order valence-corrected chi connectivity index (χ0v) is 8.56. The number of imidazole rings is 1. The lowest BCUT2D eigenvalue weighted by molar-refractivity contribution is 0.876. The highest BCUT2D eigenvalue weighted by atomic mass is 79.9. The molecule has 0 bridgehead atoms. The maximum Gasteiger partial charge on any atom is 0.236 e. The first kappa shape index (κ1) is 8.37. The van der Waals surface area contributed by atoms with E-state index in [4.69, 9.17) is 0 Å². The summed E-state index contributed by atoms with van der Waals surface area (Å²) in [5, 5.41) is 0. The van der Waals surface area contributed by atoms with Gasteiger partial charge in [-0.05, 0) is 28.9 Å². The van der Waals surface area contributed by atoms with E-state index in [1.54, 1.807) is 18.5 Å². The van der Waals surface area contributed by atoms with Crippen molar-refractivity contribution in [1.29, 1.82) is 0 Å². The molecule has 0 aromatic carbocycles. The molecule has 0 unspecified atom stereocenters. The first-order valence-corrected chi connectivity index (χ1v) is 4.55. The van der Waals surface area contributed by atoms with Crippen LogP contribution in [0.2, 0.25) is 0 Å². The van der Waals surface area contributed by atoms with Gasteiger partial charge in [0.15, 0.2) is 0 Å². The Morgan fingerprint density at radius 3 is 2.77 bits per heavy atom. The molecule has 0 spiro atoms. The minimum Gasteiger partial charge on any atom is -0.272 e. The SMILES string of the molecule is Cc1nccn1-c1nccc(Br)n1. The summed E-state index contributed by atoms with van der Waals surface area (Å²) in [5.41, 5.74) is 0. The van der Waals surface area contributed by atoms with Gasteiger partial charge in [0.1, 0.15) is 10.4 Å². The highest BCUT2D eigenvalue weighted by Gasteiger charge is 2.02. The van der Waals surface area contributed by atoms with E-state index in [1.165, 1.54) is 0 Å². The minimum absolute atomic E-state index is 0.629. The molecule has 0 fully saturated rings. The maximum atomic E-state index is 4.20. The van der Waals surface area contributed by atoms with Crippen molar-refractivity contribution in [2.45, 2.75) is 6.92 Å². The molecule has 13 heavy (non-hydrogen) atoms. The van der Waals surface area contributed by atoms with Crippen molar-refractivity contribution in [2.75, 3.05) is 0 Å². The fraction of sp³-hybridized carbons (Fsp3) is 0.125. The molecule has 4 nitrogen and oxygen atoms in total. The summed E-state index contributed by atoms with van der Waals surface area (Å²) < 4.78 is 2.59. The second-order valence-corrected chi connectivity index (χ2v) is 3.34. The average molecular weight is 239 g/mol. The molecule has 2 aromatic heterocycles. The largest absolute Gasteiger partial charge is 0.272 e. The van der Waals surface area contributed by atoms with Crippen molar-refractivity contribution >= 4 is 15.9 Å². The normalized spacial score (nSPS) is 10.3. The Hall–Kier alpha value is -1.23. The Bertz CT molecular complexity index is 424. The number of aromatic nitrogens is 4. The van der Waals surface area contributed by atoms with Crippen LogP contribution >= 0.6 is 15.9 Å². The van der Waals surface area contributed by atoms with Gasteiger partial charge < -0.3 is 0 Å². The number of hydrogen-bond donors (Lipinski definition) is 0. The van der Waals surface area contributed by atoms with Crippen molar-refractivity contribution in [1.82, 2.24) is 19.5 Å². The van der Waals surface area contributed by atoms with Gasteiger partial charge in [-0.25, -0.2) is 15.0 Å². The minimum atomic E-state index is 0.629. The number of halogens is 1. The van der Waals surface area contributed by atoms with Crippen LogP contribution in [0.4, 0.5) is 0 Å². The summed E-state index contributed by atoms with van der Waals surface area (Å²) in [4.78, 5) is 12.4. The molecule has 0 atom stereocenters. The lowest BCUT2D eigenvalue weighted by Gasteiger charge is -2.01. The summed E-state index contributed by atoms with van der Waals surface area (Å²) in [5.74, 6) is 1.50. The van der Waals surface area contributed by atoms with E-state index in [1.807, 2.05) is 17.7 Å². The van der Waals surface area contributed by atoms with Crippen LogP contribution in [0.5, 0.6) is 0 Å². The van der Waals surface area contributed by atoms with Crippen LogP contribution in [0.3, 0.4) is 0 Å². The van der Waals surface area contributed by atoms with Crippen molar-refractivity contribution in [3.8, 4) is 5.95 Å². The number of rotatable bonds is 1. The summed E-state index contributed by atoms with van der Waals surface area (Å²) in [6, 6.07) is 1.79. The average Bonchev–Trinajstić information content (AvgIpc) is 2.51. The Kier molecular flexibility index (Phi) is 2.10. The molecule has 0 N–H and O–H groups in total. The second-order valence-electron chi connectivity index (χ2n) is 2.52. The zero-order chi connectivity index (χ0) is 9.26. The Morgan fingerprint density at radius 1 is 1.31 bits per heavy atom. The topological polar surface area (TPSA) is 43.6 Å². The molecular weight excluding hydrogens is 232 g/mol. The van der Waals surface area contributed by atoms with Gasteiger partial charge in [-0.15, -0.1) is 0 Å². The van der Waals surface area contributed by atoms with Crippen molar-refractivity contribution in [2.24, 2.45) is 0 Å². The number of nitrogens with zero attached hydrogens (tertiary/aromatic N) is 4. The quantitative estimate of drug-likeness (QED) is 0.712. The van der Waals surface area contributed by atoms with Gasteiger partial charge in [0.25, 0.3) is 0 Å². The van der Waals surface area contributed by atoms with Gasteiger partial charge in [-0.1, -0.05) is 0 Å². The predicted molar refractivity (Wildman–Crippen MR) is 51.6 cm³/mol. The van der Waals surface area contributed by atoms with Crippen LogP contribution in [0.25, 0.3) is 5.95 Å². The molecule has 0 aliphatic carbocycles. The van der Waals surface area contributed by atoms with E-state index in [-0.39, 0.29) is 0 Å². The van der Waals surface area contributed by atoms with E-state index in [0.717, 1.165) is 10.4 Å². The summed E-state index contributed by atoms with van der Waals surface area (Å²) >= 11 is 3.29. The van der Waals surface area contributed by atoms with Crippen LogP contribution < -0.4 is 0 Å².